The second-order valence-corrected chi connectivity index (χ2v) is 6.96. The molecular formula is C25H27NO4. The summed E-state index contributed by atoms with van der Waals surface area (Å²) >= 11 is 0. The van der Waals surface area contributed by atoms with E-state index in [1.165, 1.54) is 0 Å². The number of nitrogens with one attached hydrogen (secondary N) is 1. The van der Waals surface area contributed by atoms with E-state index >= 15 is 0 Å². The molecular weight excluding hydrogens is 378 g/mol. The molecule has 0 aliphatic heterocycles. The minimum atomic E-state index is -0.500. The Labute approximate surface area is 177 Å². The monoisotopic (exact) mass is 405 g/mol. The van der Waals surface area contributed by atoms with Crippen molar-refractivity contribution in [1.82, 2.24) is 0 Å². The fraction of sp³-hybridized carbons (Fsp3) is 0.240. The van der Waals surface area contributed by atoms with Gasteiger partial charge >= 0.3 is 5.97 Å². The summed E-state index contributed by atoms with van der Waals surface area (Å²) in [5, 5.41) is 13.7. The number of phenolic OH excluding ortho intramolecular Hbond substituents is 1. The summed E-state index contributed by atoms with van der Waals surface area (Å²) < 4.78 is 10.7. The smallest absolute Gasteiger partial charge is 0.311 e. The number of carbonyl (C=O) groups excluding carboxylic acids is 1. The average Bonchev–Trinajstić information content (AvgIpc) is 2.78. The van der Waals surface area contributed by atoms with Gasteiger partial charge in [0.1, 0.15) is 11.5 Å². The van der Waals surface area contributed by atoms with Crippen LogP contribution in [-0.2, 0) is 16.0 Å². The molecule has 3 aromatic rings. The number of hydrogen-bond acceptors (Lipinski definition) is 5. The molecule has 0 spiro atoms. The molecule has 3 aromatic carbocycles. The Morgan fingerprint density at radius 3 is 2.27 bits per heavy atom. The summed E-state index contributed by atoms with van der Waals surface area (Å²) in [6.07, 6.45) is 0.497. The van der Waals surface area contributed by atoms with Crippen molar-refractivity contribution in [3.63, 3.8) is 0 Å². The fourth-order valence-electron chi connectivity index (χ4n) is 3.45. The van der Waals surface area contributed by atoms with Crippen LogP contribution in [0.15, 0.2) is 78.9 Å². The number of hydrogen-bond donors (Lipinski definition) is 2. The minimum Gasteiger partial charge on any atom is -0.506 e. The normalized spacial score (nSPS) is 12.6. The molecule has 0 fully saturated rings. The van der Waals surface area contributed by atoms with E-state index in [9.17, 15) is 9.90 Å². The van der Waals surface area contributed by atoms with E-state index < -0.39 is 12.0 Å². The van der Waals surface area contributed by atoms with Gasteiger partial charge < -0.3 is 19.9 Å². The quantitative estimate of drug-likeness (QED) is 0.388. The van der Waals surface area contributed by atoms with Crippen LogP contribution in [0, 0.1) is 5.92 Å². The number of phenols is 1. The third-order valence-electron chi connectivity index (χ3n) is 4.98. The van der Waals surface area contributed by atoms with Crippen molar-refractivity contribution in [2.24, 2.45) is 5.92 Å². The summed E-state index contributed by atoms with van der Waals surface area (Å²) in [6.45, 7) is 2.10. The first-order valence-electron chi connectivity index (χ1n) is 10.0. The van der Waals surface area contributed by atoms with Gasteiger partial charge in [-0.25, -0.2) is 0 Å². The van der Waals surface area contributed by atoms with Crippen molar-refractivity contribution in [1.29, 1.82) is 0 Å². The van der Waals surface area contributed by atoms with Crippen LogP contribution in [0.25, 0.3) is 0 Å². The molecule has 30 heavy (non-hydrogen) atoms. The first kappa shape index (κ1) is 21.2. The molecule has 0 saturated carbocycles. The van der Waals surface area contributed by atoms with Crippen molar-refractivity contribution >= 4 is 11.7 Å². The Balaban J connectivity index is 2.02. The van der Waals surface area contributed by atoms with Crippen LogP contribution in [0.2, 0.25) is 0 Å². The van der Waals surface area contributed by atoms with Crippen LogP contribution in [-0.4, -0.2) is 24.8 Å². The molecule has 0 saturated heterocycles. The van der Waals surface area contributed by atoms with Crippen LogP contribution in [0.4, 0.5) is 5.69 Å². The van der Waals surface area contributed by atoms with Gasteiger partial charge in [0.05, 0.1) is 31.4 Å². The topological polar surface area (TPSA) is 67.8 Å². The molecule has 0 heterocycles. The number of methoxy groups -OCH3 is 1. The van der Waals surface area contributed by atoms with Crippen LogP contribution in [0.1, 0.15) is 24.1 Å². The van der Waals surface area contributed by atoms with Crippen molar-refractivity contribution in [3.05, 3.63) is 90.0 Å². The lowest BCUT2D eigenvalue weighted by Crippen LogP contribution is -2.31. The molecule has 0 radical (unpaired) electrons. The number of rotatable bonds is 9. The highest BCUT2D eigenvalue weighted by atomic mass is 16.5. The summed E-state index contributed by atoms with van der Waals surface area (Å²) in [6, 6.07) is 24.0. The maximum absolute atomic E-state index is 13.0. The van der Waals surface area contributed by atoms with Gasteiger partial charge in [-0.05, 0) is 48.7 Å². The van der Waals surface area contributed by atoms with Crippen molar-refractivity contribution in [2.45, 2.75) is 19.4 Å². The van der Waals surface area contributed by atoms with Gasteiger partial charge in [-0.15, -0.1) is 0 Å². The predicted molar refractivity (Wildman–Crippen MR) is 118 cm³/mol. The van der Waals surface area contributed by atoms with Crippen LogP contribution in [0.5, 0.6) is 11.5 Å². The van der Waals surface area contributed by atoms with E-state index in [0.29, 0.717) is 18.7 Å². The number of carbonyl (C=O) groups is 1. The first-order chi connectivity index (χ1) is 14.6. The second kappa shape index (κ2) is 10.3. The molecule has 5 heteroatoms. The number of para-hydroxylation sites is 2. The van der Waals surface area contributed by atoms with Gasteiger partial charge in [0.25, 0.3) is 0 Å². The third kappa shape index (κ3) is 5.32. The molecule has 2 N–H and O–H groups in total. The van der Waals surface area contributed by atoms with E-state index in [1.807, 2.05) is 60.7 Å². The Kier molecular flexibility index (Phi) is 7.33. The first-order valence-corrected chi connectivity index (χ1v) is 10.0. The summed E-state index contributed by atoms with van der Waals surface area (Å²) in [7, 11) is 1.61. The number of ether oxygens (including phenoxy) is 2. The second-order valence-electron chi connectivity index (χ2n) is 6.96. The van der Waals surface area contributed by atoms with Gasteiger partial charge in [-0.2, -0.15) is 0 Å². The maximum Gasteiger partial charge on any atom is 0.311 e. The molecule has 156 valence electrons. The van der Waals surface area contributed by atoms with Gasteiger partial charge in [-0.1, -0.05) is 54.6 Å². The van der Waals surface area contributed by atoms with E-state index in [-0.39, 0.29) is 11.7 Å². The lowest BCUT2D eigenvalue weighted by molar-refractivity contribution is -0.148. The standard InChI is InChI=1S/C25H27NO4/c1-3-30-25(28)21(17-18-9-5-4-6-10-18)24(19-13-15-20(29-2)16-14-19)26-22-11-7-8-12-23(22)27/h4-16,21,24,26-27H,3,17H2,1-2H3/t21-,24?/m1/s1. The van der Waals surface area contributed by atoms with Crippen molar-refractivity contribution in [3.8, 4) is 11.5 Å². The zero-order valence-electron chi connectivity index (χ0n) is 17.2. The van der Waals surface area contributed by atoms with Gasteiger partial charge in [-0.3, -0.25) is 4.79 Å². The Hall–Kier alpha value is -3.47. The third-order valence-corrected chi connectivity index (χ3v) is 4.98. The van der Waals surface area contributed by atoms with Crippen molar-refractivity contribution in [2.75, 3.05) is 19.0 Å². The highest BCUT2D eigenvalue weighted by molar-refractivity contribution is 5.75. The van der Waals surface area contributed by atoms with E-state index in [0.717, 1.165) is 16.9 Å². The average molecular weight is 405 g/mol. The zero-order chi connectivity index (χ0) is 21.3. The lowest BCUT2D eigenvalue weighted by Gasteiger charge is -2.28. The molecule has 3 rings (SSSR count). The van der Waals surface area contributed by atoms with Crippen LogP contribution in [0.3, 0.4) is 0 Å². The molecule has 2 atom stereocenters. The minimum absolute atomic E-state index is 0.123. The number of anilines is 1. The van der Waals surface area contributed by atoms with Crippen LogP contribution < -0.4 is 10.1 Å². The number of benzene rings is 3. The molecule has 0 aromatic heterocycles. The molecule has 5 nitrogen and oxygen atoms in total. The molecule has 1 unspecified atom stereocenters. The Morgan fingerprint density at radius 2 is 1.63 bits per heavy atom. The lowest BCUT2D eigenvalue weighted by atomic mass is 9.87. The Morgan fingerprint density at radius 1 is 0.967 bits per heavy atom. The summed E-state index contributed by atoms with van der Waals surface area (Å²) in [4.78, 5) is 13.0. The summed E-state index contributed by atoms with van der Waals surface area (Å²) in [5.41, 5.74) is 2.49. The van der Waals surface area contributed by atoms with Gasteiger partial charge in [0.2, 0.25) is 0 Å². The SMILES string of the molecule is CCOC(=O)[C@H](Cc1ccccc1)C(Nc1ccccc1O)c1ccc(OC)cc1. The van der Waals surface area contributed by atoms with Gasteiger partial charge in [0, 0.05) is 0 Å². The largest absolute Gasteiger partial charge is 0.506 e. The molecule has 0 aliphatic rings. The van der Waals surface area contributed by atoms with Gasteiger partial charge in [0.15, 0.2) is 0 Å². The molecule has 0 bridgehead atoms. The van der Waals surface area contributed by atoms with Crippen LogP contribution >= 0.6 is 0 Å². The fourth-order valence-corrected chi connectivity index (χ4v) is 3.45. The highest BCUT2D eigenvalue weighted by Gasteiger charge is 2.31. The predicted octanol–water partition coefficient (Wildman–Crippen LogP) is 4.98. The summed E-state index contributed by atoms with van der Waals surface area (Å²) in [5.74, 6) is 0.0691. The Bertz CT molecular complexity index is 941. The van der Waals surface area contributed by atoms with Crippen molar-refractivity contribution < 1.29 is 19.4 Å². The number of aromatic hydroxyl groups is 1. The van der Waals surface area contributed by atoms with E-state index in [2.05, 4.69) is 5.32 Å². The number of esters is 1. The van der Waals surface area contributed by atoms with E-state index in [4.69, 9.17) is 9.47 Å². The highest BCUT2D eigenvalue weighted by Crippen LogP contribution is 2.34. The zero-order valence-corrected chi connectivity index (χ0v) is 17.2. The molecule has 0 amide bonds. The van der Waals surface area contributed by atoms with E-state index in [1.54, 1.807) is 32.2 Å². The maximum atomic E-state index is 13.0. The molecule has 0 aliphatic carbocycles.